The van der Waals surface area contributed by atoms with E-state index in [9.17, 15) is 0 Å². The molecule has 0 saturated carbocycles. The lowest BCUT2D eigenvalue weighted by atomic mass is 10.2. The van der Waals surface area contributed by atoms with Gasteiger partial charge in [0.25, 0.3) is 0 Å². The van der Waals surface area contributed by atoms with Gasteiger partial charge >= 0.3 is 0 Å². The Kier molecular flexibility index (Phi) is 5.69. The lowest BCUT2D eigenvalue weighted by Crippen LogP contribution is -2.15. The van der Waals surface area contributed by atoms with Gasteiger partial charge in [-0.05, 0) is 36.2 Å². The second-order valence-corrected chi connectivity index (χ2v) is 4.99. The van der Waals surface area contributed by atoms with Crippen LogP contribution in [0.4, 0.5) is 0 Å². The fraction of sp³-hybridized carbons (Fsp3) is 0.412. The van der Waals surface area contributed by atoms with E-state index in [4.69, 9.17) is 9.47 Å². The highest BCUT2D eigenvalue weighted by atomic mass is 16.5. The summed E-state index contributed by atoms with van der Waals surface area (Å²) in [6.07, 6.45) is 3.29. The summed E-state index contributed by atoms with van der Waals surface area (Å²) in [5.41, 5.74) is 2.50. The fourth-order valence-electron chi connectivity index (χ4n) is 2.39. The number of hydrogen-bond donors (Lipinski definition) is 1. The van der Waals surface area contributed by atoms with Crippen LogP contribution in [0.15, 0.2) is 36.5 Å². The van der Waals surface area contributed by atoms with Crippen LogP contribution in [0.2, 0.25) is 0 Å². The number of aryl methyl sites for hydroxylation is 1. The largest absolute Gasteiger partial charge is 0.493 e. The highest BCUT2D eigenvalue weighted by molar-refractivity contribution is 5.42. The van der Waals surface area contributed by atoms with E-state index in [0.29, 0.717) is 0 Å². The lowest BCUT2D eigenvalue weighted by Gasteiger charge is -2.11. The van der Waals surface area contributed by atoms with Crippen LogP contribution in [0.3, 0.4) is 0 Å². The molecule has 0 bridgehead atoms. The molecule has 0 atom stereocenters. The molecular weight excluding hydrogens is 264 g/mol. The van der Waals surface area contributed by atoms with Gasteiger partial charge < -0.3 is 19.4 Å². The van der Waals surface area contributed by atoms with Gasteiger partial charge in [-0.2, -0.15) is 0 Å². The third-order valence-corrected chi connectivity index (χ3v) is 3.47. The first kappa shape index (κ1) is 15.4. The SMILES string of the molecule is CCCn1cccc1CNCc1ccc(OC)c(OC)c1. The number of nitrogens with zero attached hydrogens (tertiary/aromatic N) is 1. The van der Waals surface area contributed by atoms with Crippen molar-refractivity contribution in [2.75, 3.05) is 14.2 Å². The quantitative estimate of drug-likeness (QED) is 0.810. The van der Waals surface area contributed by atoms with Gasteiger partial charge in [-0.1, -0.05) is 13.0 Å². The number of benzene rings is 1. The smallest absolute Gasteiger partial charge is 0.161 e. The Bertz CT molecular complexity index is 564. The van der Waals surface area contributed by atoms with Crippen LogP contribution in [-0.4, -0.2) is 18.8 Å². The normalized spacial score (nSPS) is 10.6. The second-order valence-electron chi connectivity index (χ2n) is 4.99. The van der Waals surface area contributed by atoms with Gasteiger partial charge in [0.2, 0.25) is 0 Å². The van der Waals surface area contributed by atoms with Crippen molar-refractivity contribution in [3.8, 4) is 11.5 Å². The molecule has 0 radical (unpaired) electrons. The predicted molar refractivity (Wildman–Crippen MR) is 84.8 cm³/mol. The van der Waals surface area contributed by atoms with Crippen LogP contribution >= 0.6 is 0 Å². The van der Waals surface area contributed by atoms with Crippen molar-refractivity contribution in [1.82, 2.24) is 9.88 Å². The van der Waals surface area contributed by atoms with Crippen molar-refractivity contribution in [3.05, 3.63) is 47.8 Å². The van der Waals surface area contributed by atoms with Crippen molar-refractivity contribution in [3.63, 3.8) is 0 Å². The molecule has 0 unspecified atom stereocenters. The number of ether oxygens (including phenoxy) is 2. The maximum absolute atomic E-state index is 5.32. The number of nitrogens with one attached hydrogen (secondary N) is 1. The van der Waals surface area contributed by atoms with E-state index >= 15 is 0 Å². The summed E-state index contributed by atoms with van der Waals surface area (Å²) in [6, 6.07) is 10.3. The Balaban J connectivity index is 1.92. The molecule has 4 nitrogen and oxygen atoms in total. The summed E-state index contributed by atoms with van der Waals surface area (Å²) in [4.78, 5) is 0. The van der Waals surface area contributed by atoms with Gasteiger partial charge in [0, 0.05) is 31.5 Å². The number of methoxy groups -OCH3 is 2. The van der Waals surface area contributed by atoms with Gasteiger partial charge in [-0.3, -0.25) is 0 Å². The zero-order valence-corrected chi connectivity index (χ0v) is 13.1. The molecule has 2 aromatic rings. The average molecular weight is 288 g/mol. The summed E-state index contributed by atoms with van der Waals surface area (Å²) >= 11 is 0. The molecule has 0 aliphatic heterocycles. The van der Waals surface area contributed by atoms with Crippen LogP contribution < -0.4 is 14.8 Å². The molecule has 1 N–H and O–H groups in total. The Morgan fingerprint density at radius 3 is 2.57 bits per heavy atom. The third kappa shape index (κ3) is 4.02. The zero-order valence-electron chi connectivity index (χ0n) is 13.1. The zero-order chi connectivity index (χ0) is 15.1. The molecule has 114 valence electrons. The summed E-state index contributed by atoms with van der Waals surface area (Å²) in [5, 5.41) is 3.47. The van der Waals surface area contributed by atoms with Gasteiger partial charge in [-0.15, -0.1) is 0 Å². The van der Waals surface area contributed by atoms with E-state index in [2.05, 4.69) is 41.2 Å². The van der Waals surface area contributed by atoms with Gasteiger partial charge in [0.1, 0.15) is 0 Å². The Labute approximate surface area is 126 Å². The Morgan fingerprint density at radius 2 is 1.86 bits per heavy atom. The van der Waals surface area contributed by atoms with Gasteiger partial charge in [-0.25, -0.2) is 0 Å². The minimum absolute atomic E-state index is 0.762. The van der Waals surface area contributed by atoms with E-state index in [1.807, 2.05) is 12.1 Å². The van der Waals surface area contributed by atoms with Crippen molar-refractivity contribution >= 4 is 0 Å². The first-order valence-electron chi connectivity index (χ1n) is 7.34. The highest BCUT2D eigenvalue weighted by Gasteiger charge is 2.05. The molecule has 4 heteroatoms. The number of hydrogen-bond acceptors (Lipinski definition) is 3. The van der Waals surface area contributed by atoms with E-state index in [1.54, 1.807) is 14.2 Å². The van der Waals surface area contributed by atoms with E-state index in [1.165, 1.54) is 11.3 Å². The van der Waals surface area contributed by atoms with E-state index in [0.717, 1.165) is 37.6 Å². The van der Waals surface area contributed by atoms with Gasteiger partial charge in [0.05, 0.1) is 14.2 Å². The van der Waals surface area contributed by atoms with Crippen molar-refractivity contribution in [2.24, 2.45) is 0 Å². The topological polar surface area (TPSA) is 35.4 Å². The summed E-state index contributed by atoms with van der Waals surface area (Å²) in [7, 11) is 3.31. The minimum atomic E-state index is 0.762. The molecular formula is C17H24N2O2. The van der Waals surface area contributed by atoms with Crippen molar-refractivity contribution in [2.45, 2.75) is 33.0 Å². The van der Waals surface area contributed by atoms with E-state index < -0.39 is 0 Å². The van der Waals surface area contributed by atoms with Crippen LogP contribution in [0.25, 0.3) is 0 Å². The molecule has 1 aromatic heterocycles. The predicted octanol–water partition coefficient (Wildman–Crippen LogP) is 3.21. The monoisotopic (exact) mass is 288 g/mol. The van der Waals surface area contributed by atoms with Crippen LogP contribution in [0.5, 0.6) is 11.5 Å². The molecule has 21 heavy (non-hydrogen) atoms. The first-order valence-corrected chi connectivity index (χ1v) is 7.34. The molecule has 2 rings (SSSR count). The van der Waals surface area contributed by atoms with Crippen molar-refractivity contribution < 1.29 is 9.47 Å². The van der Waals surface area contributed by atoms with Crippen LogP contribution in [-0.2, 0) is 19.6 Å². The molecule has 0 fully saturated rings. The van der Waals surface area contributed by atoms with Crippen LogP contribution in [0.1, 0.15) is 24.6 Å². The minimum Gasteiger partial charge on any atom is -0.493 e. The van der Waals surface area contributed by atoms with E-state index in [-0.39, 0.29) is 0 Å². The molecule has 0 amide bonds. The molecule has 0 aliphatic carbocycles. The first-order chi connectivity index (χ1) is 10.3. The highest BCUT2D eigenvalue weighted by Crippen LogP contribution is 2.27. The molecule has 1 aromatic carbocycles. The second kappa shape index (κ2) is 7.74. The average Bonchev–Trinajstić information content (AvgIpc) is 2.95. The molecule has 0 saturated heterocycles. The molecule has 0 aliphatic rings. The van der Waals surface area contributed by atoms with Gasteiger partial charge in [0.15, 0.2) is 11.5 Å². The maximum atomic E-state index is 5.32. The molecule has 0 spiro atoms. The van der Waals surface area contributed by atoms with Crippen molar-refractivity contribution in [1.29, 1.82) is 0 Å². The van der Waals surface area contributed by atoms with Crippen LogP contribution in [0, 0.1) is 0 Å². The maximum Gasteiger partial charge on any atom is 0.161 e. The summed E-state index contributed by atoms with van der Waals surface area (Å²) < 4.78 is 12.9. The summed E-state index contributed by atoms with van der Waals surface area (Å²) in [5.74, 6) is 1.53. The summed E-state index contributed by atoms with van der Waals surface area (Å²) in [6.45, 7) is 4.93. The standard InChI is InChI=1S/C17H24N2O2/c1-4-9-19-10-5-6-15(19)13-18-12-14-7-8-16(20-2)17(11-14)21-3/h5-8,10-11,18H,4,9,12-13H2,1-3H3. The fourth-order valence-corrected chi connectivity index (χ4v) is 2.39. The lowest BCUT2D eigenvalue weighted by molar-refractivity contribution is 0.354. The molecule has 1 heterocycles. The Hall–Kier alpha value is -1.94. The third-order valence-electron chi connectivity index (χ3n) is 3.47. The Morgan fingerprint density at radius 1 is 1.05 bits per heavy atom. The number of aromatic nitrogens is 1. The number of rotatable bonds is 8.